The van der Waals surface area contributed by atoms with Crippen molar-refractivity contribution in [1.29, 1.82) is 0 Å². The lowest BCUT2D eigenvalue weighted by atomic mass is 9.97. The molecule has 0 bridgehead atoms. The standard InChI is InChI=1S/C24H23ClN4O10S2/c1-10(30)34-9-16-17(35-11(2)31)18(36-12(3)32)19(37-13(4)33)21(38-16)28-23(40)26-22-29(24(28)41)27-20(39-22)14-5-7-15(25)8-6-14/h5-8,16-19,21H,9H2,1-4H3/t16-,17-,18+,19-,21-/m1/s1. The molecule has 0 aliphatic carbocycles. The van der Waals surface area contributed by atoms with Gasteiger partial charge < -0.3 is 28.1 Å². The molecule has 0 unspecified atom stereocenters. The van der Waals surface area contributed by atoms with Crippen LogP contribution in [0.1, 0.15) is 33.9 Å². The third kappa shape index (κ3) is 6.78. The maximum Gasteiger partial charge on any atom is 0.330 e. The fourth-order valence-electron chi connectivity index (χ4n) is 4.14. The Hall–Kier alpha value is -3.73. The van der Waals surface area contributed by atoms with Crippen molar-refractivity contribution in [2.24, 2.45) is 0 Å². The van der Waals surface area contributed by atoms with Gasteiger partial charge in [0.05, 0.1) is 0 Å². The number of hydrogen-bond acceptors (Lipinski definition) is 14. The highest BCUT2D eigenvalue weighted by Crippen LogP contribution is 2.35. The van der Waals surface area contributed by atoms with Crippen LogP contribution in [0.3, 0.4) is 0 Å². The number of nitrogens with zero attached hydrogens (tertiary/aromatic N) is 4. The quantitative estimate of drug-likeness (QED) is 0.213. The Bertz CT molecular complexity index is 1620. The van der Waals surface area contributed by atoms with E-state index in [0.717, 1.165) is 20.8 Å². The Morgan fingerprint density at radius 1 is 0.902 bits per heavy atom. The molecule has 4 rings (SSSR count). The fourth-order valence-corrected chi connectivity index (χ4v) is 4.90. The molecule has 218 valence electrons. The highest BCUT2D eigenvalue weighted by molar-refractivity contribution is 7.72. The summed E-state index contributed by atoms with van der Waals surface area (Å²) in [4.78, 5) is 52.2. The van der Waals surface area contributed by atoms with Crippen LogP contribution in [0.15, 0.2) is 28.7 Å². The van der Waals surface area contributed by atoms with E-state index in [2.05, 4.69) is 10.1 Å². The van der Waals surface area contributed by atoms with Crippen LogP contribution in [0.25, 0.3) is 17.3 Å². The van der Waals surface area contributed by atoms with Crippen molar-refractivity contribution in [3.8, 4) is 11.5 Å². The maximum atomic E-state index is 12.2. The van der Waals surface area contributed by atoms with Gasteiger partial charge in [-0.25, -0.2) is 0 Å². The Morgan fingerprint density at radius 3 is 2.07 bits per heavy atom. The van der Waals surface area contributed by atoms with E-state index in [1.54, 1.807) is 24.3 Å². The van der Waals surface area contributed by atoms with Gasteiger partial charge >= 0.3 is 29.7 Å². The first-order valence-corrected chi connectivity index (χ1v) is 13.1. The molecule has 0 radical (unpaired) electrons. The van der Waals surface area contributed by atoms with Gasteiger partial charge in [-0.05, 0) is 48.7 Å². The number of fused-ring (bicyclic) bond motifs is 1. The van der Waals surface area contributed by atoms with Gasteiger partial charge in [0.25, 0.3) is 0 Å². The van der Waals surface area contributed by atoms with Crippen molar-refractivity contribution in [2.75, 3.05) is 6.61 Å². The fraction of sp³-hybridized carbons (Fsp3) is 0.417. The summed E-state index contributed by atoms with van der Waals surface area (Å²) in [6, 6.07) is 6.65. The predicted octanol–water partition coefficient (Wildman–Crippen LogP) is 3.16. The molecule has 17 heteroatoms. The van der Waals surface area contributed by atoms with E-state index >= 15 is 0 Å². The van der Waals surface area contributed by atoms with Gasteiger partial charge in [-0.3, -0.25) is 23.7 Å². The van der Waals surface area contributed by atoms with Crippen molar-refractivity contribution in [2.45, 2.75) is 58.3 Å². The predicted molar refractivity (Wildman–Crippen MR) is 143 cm³/mol. The van der Waals surface area contributed by atoms with Crippen LogP contribution in [0.2, 0.25) is 5.02 Å². The minimum atomic E-state index is -1.45. The zero-order valence-electron chi connectivity index (χ0n) is 22.0. The van der Waals surface area contributed by atoms with Crippen molar-refractivity contribution in [3.63, 3.8) is 0 Å². The minimum Gasteiger partial charge on any atom is -0.463 e. The molecule has 3 aromatic rings. The third-order valence-corrected chi connectivity index (χ3v) is 6.57. The molecule has 14 nitrogen and oxygen atoms in total. The average molecular weight is 627 g/mol. The summed E-state index contributed by atoms with van der Waals surface area (Å²) in [5, 5.41) is 4.89. The zero-order valence-corrected chi connectivity index (χ0v) is 24.4. The molecule has 0 saturated carbocycles. The van der Waals surface area contributed by atoms with Gasteiger partial charge in [-0.1, -0.05) is 11.6 Å². The number of carbonyl (C=O) groups excluding carboxylic acids is 4. The largest absolute Gasteiger partial charge is 0.463 e. The second-order valence-corrected chi connectivity index (χ2v) is 9.91. The summed E-state index contributed by atoms with van der Waals surface area (Å²) >= 11 is 17.1. The van der Waals surface area contributed by atoms with Crippen LogP contribution in [-0.2, 0) is 42.9 Å². The topological polar surface area (TPSA) is 163 Å². The molecule has 3 heterocycles. The SMILES string of the molecule is CC(=O)OC[C@H]1O[C@@H](n2c(=S)nc3oc(-c4ccc(Cl)cc4)nn3c2=S)[C@H](OC(C)=O)[C@@H](OC(C)=O)[C@@H]1OC(C)=O. The van der Waals surface area contributed by atoms with E-state index in [1.165, 1.54) is 16.0 Å². The van der Waals surface area contributed by atoms with Gasteiger partial charge in [-0.15, -0.1) is 5.10 Å². The van der Waals surface area contributed by atoms with E-state index in [0.29, 0.717) is 10.6 Å². The highest BCUT2D eigenvalue weighted by atomic mass is 35.5. The molecule has 41 heavy (non-hydrogen) atoms. The van der Waals surface area contributed by atoms with Gasteiger partial charge in [0.15, 0.2) is 24.5 Å². The average Bonchev–Trinajstić information content (AvgIpc) is 3.30. The lowest BCUT2D eigenvalue weighted by Gasteiger charge is -2.44. The molecular formula is C24H23ClN4O10S2. The van der Waals surface area contributed by atoms with E-state index in [4.69, 9.17) is 64.1 Å². The summed E-state index contributed by atoms with van der Waals surface area (Å²) in [6.45, 7) is 4.09. The van der Waals surface area contributed by atoms with Crippen LogP contribution in [0.5, 0.6) is 0 Å². The van der Waals surface area contributed by atoms with Crippen molar-refractivity contribution < 1.29 is 47.3 Å². The number of benzene rings is 1. The highest BCUT2D eigenvalue weighted by Gasteiger charge is 2.53. The van der Waals surface area contributed by atoms with Crippen LogP contribution in [0.4, 0.5) is 0 Å². The zero-order chi connectivity index (χ0) is 30.0. The van der Waals surface area contributed by atoms with Gasteiger partial charge in [-0.2, -0.15) is 9.50 Å². The number of esters is 4. The van der Waals surface area contributed by atoms with Crippen LogP contribution >= 0.6 is 36.0 Å². The van der Waals surface area contributed by atoms with E-state index in [1.807, 2.05) is 0 Å². The third-order valence-electron chi connectivity index (χ3n) is 5.66. The van der Waals surface area contributed by atoms with Gasteiger partial charge in [0.2, 0.25) is 15.4 Å². The second kappa shape index (κ2) is 12.4. The minimum absolute atomic E-state index is 0.0492. The van der Waals surface area contributed by atoms with E-state index < -0.39 is 61.1 Å². The van der Waals surface area contributed by atoms with Gasteiger partial charge in [0.1, 0.15) is 12.7 Å². The van der Waals surface area contributed by atoms with E-state index in [9.17, 15) is 19.2 Å². The first kappa shape index (κ1) is 30.2. The molecule has 2 aromatic heterocycles. The summed E-state index contributed by atoms with van der Waals surface area (Å²) < 4.78 is 35.5. The lowest BCUT2D eigenvalue weighted by Crippen LogP contribution is -2.60. The van der Waals surface area contributed by atoms with E-state index in [-0.39, 0.29) is 21.3 Å². The molecule has 1 aromatic carbocycles. The van der Waals surface area contributed by atoms with Crippen molar-refractivity contribution in [1.82, 2.24) is 19.2 Å². The monoisotopic (exact) mass is 626 g/mol. The molecule has 1 fully saturated rings. The number of hydrogen-bond donors (Lipinski definition) is 0. The smallest absolute Gasteiger partial charge is 0.330 e. The summed E-state index contributed by atoms with van der Waals surface area (Å²) in [5.74, 6) is -2.90. The summed E-state index contributed by atoms with van der Waals surface area (Å²) in [6.07, 6.45) is -6.87. The van der Waals surface area contributed by atoms with Crippen molar-refractivity contribution >= 4 is 65.8 Å². The number of carbonyl (C=O) groups is 4. The molecule has 0 amide bonds. The summed E-state index contributed by atoms with van der Waals surface area (Å²) in [7, 11) is 0. The Kier molecular flexibility index (Phi) is 9.16. The number of halogens is 1. The lowest BCUT2D eigenvalue weighted by molar-refractivity contribution is -0.269. The molecule has 5 atom stereocenters. The number of ether oxygens (including phenoxy) is 5. The Morgan fingerprint density at radius 2 is 1.49 bits per heavy atom. The number of aromatic nitrogens is 4. The van der Waals surface area contributed by atoms with Crippen LogP contribution in [-0.4, -0.2) is 74.1 Å². The first-order valence-electron chi connectivity index (χ1n) is 11.9. The normalized spacial score (nSPS) is 22.1. The maximum absolute atomic E-state index is 12.2. The molecule has 0 spiro atoms. The molecule has 1 saturated heterocycles. The Balaban J connectivity index is 1.88. The molecule has 1 aliphatic rings. The van der Waals surface area contributed by atoms with Crippen molar-refractivity contribution in [3.05, 3.63) is 38.8 Å². The number of rotatable bonds is 7. The molecule has 1 aliphatic heterocycles. The summed E-state index contributed by atoms with van der Waals surface area (Å²) in [5.41, 5.74) is 0.569. The van der Waals surface area contributed by atoms with Crippen LogP contribution in [0, 0.1) is 9.54 Å². The van der Waals surface area contributed by atoms with Crippen LogP contribution < -0.4 is 0 Å². The van der Waals surface area contributed by atoms with Gasteiger partial charge in [0, 0.05) is 38.3 Å². The molecule has 0 N–H and O–H groups in total. The second-order valence-electron chi connectivity index (χ2n) is 8.75. The molecular weight excluding hydrogens is 604 g/mol. The Labute approximate surface area is 247 Å². The first-order chi connectivity index (χ1) is 19.3.